The van der Waals surface area contributed by atoms with E-state index in [-0.39, 0.29) is 11.7 Å². The van der Waals surface area contributed by atoms with Crippen LogP contribution in [0.1, 0.15) is 24.3 Å². The SMILES string of the molecule is CCCNC(=O)C(Cl)c1ccc(F)cc1Br. The molecule has 0 bridgehead atoms. The molecule has 1 unspecified atom stereocenters. The van der Waals surface area contributed by atoms with Gasteiger partial charge in [-0.05, 0) is 24.1 Å². The molecule has 16 heavy (non-hydrogen) atoms. The molecule has 1 rings (SSSR count). The van der Waals surface area contributed by atoms with E-state index in [4.69, 9.17) is 11.6 Å². The van der Waals surface area contributed by atoms with Crippen molar-refractivity contribution in [3.05, 3.63) is 34.1 Å². The minimum atomic E-state index is -0.804. The molecule has 0 aliphatic carbocycles. The van der Waals surface area contributed by atoms with Crippen LogP contribution < -0.4 is 5.32 Å². The molecule has 1 atom stereocenters. The Kier molecular flexibility index (Phi) is 5.22. The summed E-state index contributed by atoms with van der Waals surface area (Å²) in [6.07, 6.45) is 0.847. The first kappa shape index (κ1) is 13.5. The normalized spacial score (nSPS) is 12.2. The number of benzene rings is 1. The lowest BCUT2D eigenvalue weighted by Crippen LogP contribution is -2.27. The van der Waals surface area contributed by atoms with E-state index in [0.717, 1.165) is 6.42 Å². The van der Waals surface area contributed by atoms with Gasteiger partial charge in [-0.25, -0.2) is 4.39 Å². The number of carbonyl (C=O) groups is 1. The van der Waals surface area contributed by atoms with Crippen LogP contribution in [0.25, 0.3) is 0 Å². The van der Waals surface area contributed by atoms with Crippen molar-refractivity contribution in [2.75, 3.05) is 6.54 Å². The summed E-state index contributed by atoms with van der Waals surface area (Å²) >= 11 is 9.17. The summed E-state index contributed by atoms with van der Waals surface area (Å²) in [7, 11) is 0. The summed E-state index contributed by atoms with van der Waals surface area (Å²) in [5, 5.41) is 1.88. The quantitative estimate of drug-likeness (QED) is 0.849. The zero-order chi connectivity index (χ0) is 12.1. The van der Waals surface area contributed by atoms with Gasteiger partial charge in [-0.1, -0.05) is 28.9 Å². The third kappa shape index (κ3) is 3.46. The van der Waals surface area contributed by atoms with Gasteiger partial charge in [0.05, 0.1) is 0 Å². The number of hydrogen-bond donors (Lipinski definition) is 1. The third-order valence-electron chi connectivity index (χ3n) is 2.01. The van der Waals surface area contributed by atoms with Gasteiger partial charge in [-0.2, -0.15) is 0 Å². The van der Waals surface area contributed by atoms with Crippen LogP contribution in [0, 0.1) is 5.82 Å². The Hall–Kier alpha value is -0.610. The fraction of sp³-hybridized carbons (Fsp3) is 0.364. The van der Waals surface area contributed by atoms with Crippen LogP contribution in [0.2, 0.25) is 0 Å². The second-order valence-electron chi connectivity index (χ2n) is 3.32. The van der Waals surface area contributed by atoms with Gasteiger partial charge in [0.1, 0.15) is 11.2 Å². The highest BCUT2D eigenvalue weighted by atomic mass is 79.9. The summed E-state index contributed by atoms with van der Waals surface area (Å²) in [4.78, 5) is 11.6. The van der Waals surface area contributed by atoms with Crippen LogP contribution in [0.3, 0.4) is 0 Å². The first-order valence-electron chi connectivity index (χ1n) is 4.93. The summed E-state index contributed by atoms with van der Waals surface area (Å²) < 4.78 is 13.3. The molecule has 0 aromatic heterocycles. The maximum Gasteiger partial charge on any atom is 0.242 e. The van der Waals surface area contributed by atoms with E-state index in [1.54, 1.807) is 0 Å². The Labute approximate surface area is 107 Å². The molecule has 0 aliphatic rings. The molecular weight excluding hydrogens is 296 g/mol. The van der Waals surface area contributed by atoms with Crippen molar-refractivity contribution in [2.45, 2.75) is 18.7 Å². The van der Waals surface area contributed by atoms with Crippen LogP contribution in [-0.4, -0.2) is 12.5 Å². The lowest BCUT2D eigenvalue weighted by Gasteiger charge is -2.11. The van der Waals surface area contributed by atoms with Crippen molar-refractivity contribution in [1.29, 1.82) is 0 Å². The average molecular weight is 309 g/mol. The predicted molar refractivity (Wildman–Crippen MR) is 66.0 cm³/mol. The number of hydrogen-bond acceptors (Lipinski definition) is 1. The highest BCUT2D eigenvalue weighted by Gasteiger charge is 2.19. The van der Waals surface area contributed by atoms with Gasteiger partial charge >= 0.3 is 0 Å². The van der Waals surface area contributed by atoms with E-state index in [2.05, 4.69) is 21.2 Å². The third-order valence-corrected chi connectivity index (χ3v) is 3.14. The van der Waals surface area contributed by atoms with Crippen molar-refractivity contribution in [3.8, 4) is 0 Å². The number of nitrogens with one attached hydrogen (secondary N) is 1. The van der Waals surface area contributed by atoms with Crippen molar-refractivity contribution in [2.24, 2.45) is 0 Å². The van der Waals surface area contributed by atoms with E-state index in [1.807, 2.05) is 6.92 Å². The van der Waals surface area contributed by atoms with Crippen LogP contribution in [-0.2, 0) is 4.79 Å². The lowest BCUT2D eigenvalue weighted by molar-refractivity contribution is -0.120. The molecule has 0 fully saturated rings. The van der Waals surface area contributed by atoms with Crippen molar-refractivity contribution >= 4 is 33.4 Å². The van der Waals surface area contributed by atoms with Crippen LogP contribution in [0.15, 0.2) is 22.7 Å². The number of carbonyl (C=O) groups excluding carboxylic acids is 1. The summed E-state index contributed by atoms with van der Waals surface area (Å²) in [5.74, 6) is -0.635. The molecular formula is C11H12BrClFNO. The molecule has 1 aromatic rings. The molecule has 2 nitrogen and oxygen atoms in total. The Bertz CT molecular complexity index is 386. The van der Waals surface area contributed by atoms with Gasteiger partial charge in [0.2, 0.25) is 5.91 Å². The molecule has 0 aliphatic heterocycles. The van der Waals surface area contributed by atoms with E-state index >= 15 is 0 Å². The average Bonchev–Trinajstić information content (AvgIpc) is 2.25. The summed E-state index contributed by atoms with van der Waals surface area (Å²) in [6.45, 7) is 2.54. The highest BCUT2D eigenvalue weighted by molar-refractivity contribution is 9.10. The molecule has 0 spiro atoms. The first-order chi connectivity index (χ1) is 7.56. The first-order valence-corrected chi connectivity index (χ1v) is 6.16. The fourth-order valence-electron chi connectivity index (χ4n) is 1.19. The van der Waals surface area contributed by atoms with Gasteiger partial charge in [0.15, 0.2) is 0 Å². The number of alkyl halides is 1. The predicted octanol–water partition coefficient (Wildman–Crippen LogP) is 3.39. The fourth-order valence-corrected chi connectivity index (χ4v) is 2.17. The van der Waals surface area contributed by atoms with Crippen LogP contribution in [0.4, 0.5) is 4.39 Å². The molecule has 1 aromatic carbocycles. The molecule has 1 amide bonds. The lowest BCUT2D eigenvalue weighted by atomic mass is 10.1. The largest absolute Gasteiger partial charge is 0.355 e. The number of rotatable bonds is 4. The van der Waals surface area contributed by atoms with Gasteiger partial charge in [0, 0.05) is 11.0 Å². The van der Waals surface area contributed by atoms with E-state index in [0.29, 0.717) is 16.6 Å². The summed E-state index contributed by atoms with van der Waals surface area (Å²) in [6, 6.07) is 4.07. The van der Waals surface area contributed by atoms with E-state index in [9.17, 15) is 9.18 Å². The van der Waals surface area contributed by atoms with Crippen molar-refractivity contribution in [1.82, 2.24) is 5.32 Å². The number of amides is 1. The Morgan fingerprint density at radius 3 is 2.88 bits per heavy atom. The Morgan fingerprint density at radius 1 is 1.62 bits per heavy atom. The molecule has 0 heterocycles. The molecule has 0 saturated carbocycles. The molecule has 1 N–H and O–H groups in total. The maximum atomic E-state index is 12.8. The monoisotopic (exact) mass is 307 g/mol. The zero-order valence-corrected chi connectivity index (χ0v) is 11.1. The van der Waals surface area contributed by atoms with E-state index < -0.39 is 5.38 Å². The maximum absolute atomic E-state index is 12.8. The molecule has 0 radical (unpaired) electrons. The molecule has 88 valence electrons. The second-order valence-corrected chi connectivity index (χ2v) is 4.61. The minimum absolute atomic E-state index is 0.268. The van der Waals surface area contributed by atoms with Gasteiger partial charge in [0.25, 0.3) is 0 Å². The standard InChI is InChI=1S/C11H12BrClFNO/c1-2-5-15-11(16)10(13)8-4-3-7(14)6-9(8)12/h3-4,6,10H,2,5H2,1H3,(H,15,16). The Balaban J connectivity index is 2.79. The van der Waals surface area contributed by atoms with Crippen LogP contribution in [0.5, 0.6) is 0 Å². The van der Waals surface area contributed by atoms with Gasteiger partial charge in [-0.3, -0.25) is 4.79 Å². The topological polar surface area (TPSA) is 29.1 Å². The molecule has 0 saturated heterocycles. The second kappa shape index (κ2) is 6.21. The molecule has 5 heteroatoms. The summed E-state index contributed by atoms with van der Waals surface area (Å²) in [5.41, 5.74) is 0.566. The van der Waals surface area contributed by atoms with Crippen molar-refractivity contribution < 1.29 is 9.18 Å². The van der Waals surface area contributed by atoms with E-state index in [1.165, 1.54) is 18.2 Å². The smallest absolute Gasteiger partial charge is 0.242 e. The zero-order valence-electron chi connectivity index (χ0n) is 8.77. The highest BCUT2D eigenvalue weighted by Crippen LogP contribution is 2.28. The number of halogens is 3. The Morgan fingerprint density at radius 2 is 2.31 bits per heavy atom. The van der Waals surface area contributed by atoms with Gasteiger partial charge < -0.3 is 5.32 Å². The minimum Gasteiger partial charge on any atom is -0.355 e. The van der Waals surface area contributed by atoms with Gasteiger partial charge in [-0.15, -0.1) is 11.6 Å². The van der Waals surface area contributed by atoms with Crippen LogP contribution >= 0.6 is 27.5 Å². The van der Waals surface area contributed by atoms with Crippen molar-refractivity contribution in [3.63, 3.8) is 0 Å².